The summed E-state index contributed by atoms with van der Waals surface area (Å²) >= 11 is 0. The van der Waals surface area contributed by atoms with Crippen LogP contribution < -0.4 is 0 Å². The van der Waals surface area contributed by atoms with Crippen molar-refractivity contribution in [2.24, 2.45) is 0 Å². The van der Waals surface area contributed by atoms with Gasteiger partial charge in [0.2, 0.25) is 0 Å². The van der Waals surface area contributed by atoms with Gasteiger partial charge in [0.05, 0.1) is 0 Å². The zero-order valence-electron chi connectivity index (χ0n) is 15.1. The highest BCUT2D eigenvalue weighted by Gasteiger charge is 1.91. The van der Waals surface area contributed by atoms with Gasteiger partial charge in [0.1, 0.15) is 0 Å². The summed E-state index contributed by atoms with van der Waals surface area (Å²) in [7, 11) is 0. The lowest BCUT2D eigenvalue weighted by Gasteiger charge is -1.98. The molecule has 0 aliphatic rings. The minimum Gasteiger partial charge on any atom is -0.0656 e. The van der Waals surface area contributed by atoms with Crippen molar-refractivity contribution in [2.45, 2.75) is 20.3 Å². The predicted molar refractivity (Wildman–Crippen MR) is 112 cm³/mol. The van der Waals surface area contributed by atoms with E-state index in [4.69, 9.17) is 0 Å². The van der Waals surface area contributed by atoms with E-state index in [9.17, 15) is 0 Å². The molecule has 0 fully saturated rings. The SMILES string of the molecule is CCC.c1ccc(-c2ccccc2)cc1.c1ccc2ccccc2c1. The molecule has 0 N–H and O–H groups in total. The standard InChI is InChI=1S/C12H10.C10H8.C3H8/c1-3-7-11(8-4-1)12-9-5-2-6-10-12;1-2-6-10-8-4-3-7-9(10)5-1;1-3-2/h1-10H;1-8H;3H2,1-2H3. The summed E-state index contributed by atoms with van der Waals surface area (Å²) in [6.45, 7) is 4.25. The van der Waals surface area contributed by atoms with Crippen molar-refractivity contribution in [3.8, 4) is 11.1 Å². The highest BCUT2D eigenvalue weighted by atomic mass is 14.0. The van der Waals surface area contributed by atoms with Gasteiger partial charge >= 0.3 is 0 Å². The third kappa shape index (κ3) is 6.27. The van der Waals surface area contributed by atoms with Gasteiger partial charge in [-0.25, -0.2) is 0 Å². The van der Waals surface area contributed by atoms with Crippen LogP contribution in [0.4, 0.5) is 0 Å². The molecule has 4 aromatic rings. The van der Waals surface area contributed by atoms with Crippen LogP contribution in [0, 0.1) is 0 Å². The van der Waals surface area contributed by atoms with Crippen LogP contribution in [0.15, 0.2) is 109 Å². The average Bonchev–Trinajstić information content (AvgIpc) is 2.71. The second-order valence-corrected chi connectivity index (χ2v) is 5.79. The van der Waals surface area contributed by atoms with Crippen LogP contribution >= 0.6 is 0 Å². The molecule has 0 saturated heterocycles. The lowest BCUT2D eigenvalue weighted by molar-refractivity contribution is 1.09. The Balaban J connectivity index is 0.000000158. The van der Waals surface area contributed by atoms with Crippen molar-refractivity contribution in [2.75, 3.05) is 0 Å². The molecular weight excluding hydrogens is 300 g/mol. The van der Waals surface area contributed by atoms with Gasteiger partial charge in [0.25, 0.3) is 0 Å². The molecule has 0 heteroatoms. The van der Waals surface area contributed by atoms with Gasteiger partial charge in [-0.3, -0.25) is 0 Å². The second kappa shape index (κ2) is 10.8. The summed E-state index contributed by atoms with van der Waals surface area (Å²) in [5.74, 6) is 0. The number of hydrogen-bond acceptors (Lipinski definition) is 0. The zero-order valence-corrected chi connectivity index (χ0v) is 15.1. The minimum atomic E-state index is 1.25. The fourth-order valence-electron chi connectivity index (χ4n) is 2.39. The van der Waals surface area contributed by atoms with Crippen LogP contribution in [0.5, 0.6) is 0 Å². The van der Waals surface area contributed by atoms with Gasteiger partial charge < -0.3 is 0 Å². The first-order valence-electron chi connectivity index (χ1n) is 8.89. The summed E-state index contributed by atoms with van der Waals surface area (Å²) in [6, 6.07) is 37.5. The molecule has 0 aliphatic carbocycles. The molecular formula is C25H26. The molecule has 126 valence electrons. The van der Waals surface area contributed by atoms with Crippen LogP contribution in [0.3, 0.4) is 0 Å². The summed E-state index contributed by atoms with van der Waals surface area (Å²) in [6.07, 6.45) is 1.25. The summed E-state index contributed by atoms with van der Waals surface area (Å²) in [5.41, 5.74) is 2.55. The van der Waals surface area contributed by atoms with Crippen molar-refractivity contribution in [3.05, 3.63) is 109 Å². The normalized spacial score (nSPS) is 9.36. The second-order valence-electron chi connectivity index (χ2n) is 5.79. The fraction of sp³-hybridized carbons (Fsp3) is 0.120. The quantitative estimate of drug-likeness (QED) is 0.337. The Morgan fingerprint density at radius 3 is 0.920 bits per heavy atom. The van der Waals surface area contributed by atoms with Gasteiger partial charge in [-0.05, 0) is 21.9 Å². The largest absolute Gasteiger partial charge is 0.0656 e. The molecule has 0 nitrogen and oxygen atoms in total. The molecule has 0 unspecified atom stereocenters. The molecule has 25 heavy (non-hydrogen) atoms. The van der Waals surface area contributed by atoms with Crippen molar-refractivity contribution < 1.29 is 0 Å². The molecule has 4 rings (SSSR count). The summed E-state index contributed by atoms with van der Waals surface area (Å²) in [5, 5.41) is 2.62. The maximum atomic E-state index is 2.12. The van der Waals surface area contributed by atoms with E-state index in [2.05, 4.69) is 111 Å². The van der Waals surface area contributed by atoms with Crippen LogP contribution in [-0.4, -0.2) is 0 Å². The van der Waals surface area contributed by atoms with E-state index >= 15 is 0 Å². The molecule has 0 bridgehead atoms. The first-order chi connectivity index (χ1) is 12.3. The van der Waals surface area contributed by atoms with E-state index in [0.717, 1.165) is 0 Å². The third-order valence-electron chi connectivity index (χ3n) is 3.54. The third-order valence-corrected chi connectivity index (χ3v) is 3.54. The molecule has 0 atom stereocenters. The molecule has 0 aromatic heterocycles. The molecule has 0 radical (unpaired) electrons. The monoisotopic (exact) mass is 326 g/mol. The highest BCUT2D eigenvalue weighted by Crippen LogP contribution is 2.17. The molecule has 0 heterocycles. The Morgan fingerprint density at radius 1 is 0.400 bits per heavy atom. The van der Waals surface area contributed by atoms with Gasteiger partial charge in [0.15, 0.2) is 0 Å². The fourth-order valence-corrected chi connectivity index (χ4v) is 2.39. The summed E-state index contributed by atoms with van der Waals surface area (Å²) in [4.78, 5) is 0. The summed E-state index contributed by atoms with van der Waals surface area (Å²) < 4.78 is 0. The lowest BCUT2D eigenvalue weighted by atomic mass is 10.1. The highest BCUT2D eigenvalue weighted by molar-refractivity contribution is 5.82. The van der Waals surface area contributed by atoms with E-state index < -0.39 is 0 Å². The Bertz CT molecular complexity index is 730. The first kappa shape index (κ1) is 18.5. The van der Waals surface area contributed by atoms with Crippen molar-refractivity contribution in [1.82, 2.24) is 0 Å². The maximum absolute atomic E-state index is 2.12. The Kier molecular flexibility index (Phi) is 8.00. The first-order valence-corrected chi connectivity index (χ1v) is 8.89. The van der Waals surface area contributed by atoms with E-state index in [0.29, 0.717) is 0 Å². The van der Waals surface area contributed by atoms with Crippen molar-refractivity contribution in [1.29, 1.82) is 0 Å². The molecule has 0 aliphatic heterocycles. The van der Waals surface area contributed by atoms with Crippen LogP contribution in [0.1, 0.15) is 20.3 Å². The topological polar surface area (TPSA) is 0 Å². The van der Waals surface area contributed by atoms with Crippen molar-refractivity contribution in [3.63, 3.8) is 0 Å². The Morgan fingerprint density at radius 2 is 0.640 bits per heavy atom. The van der Waals surface area contributed by atoms with Gasteiger partial charge in [-0.2, -0.15) is 0 Å². The number of rotatable bonds is 1. The average molecular weight is 326 g/mol. The van der Waals surface area contributed by atoms with Gasteiger partial charge in [0, 0.05) is 0 Å². The van der Waals surface area contributed by atoms with Crippen molar-refractivity contribution >= 4 is 10.8 Å². The predicted octanol–water partition coefficient (Wildman–Crippen LogP) is 7.61. The zero-order chi connectivity index (χ0) is 17.7. The minimum absolute atomic E-state index is 1.25. The lowest BCUT2D eigenvalue weighted by Crippen LogP contribution is -1.73. The van der Waals surface area contributed by atoms with E-state index in [1.165, 1.54) is 28.3 Å². The van der Waals surface area contributed by atoms with Gasteiger partial charge in [-0.1, -0.05) is 129 Å². The molecule has 0 spiro atoms. The van der Waals surface area contributed by atoms with Crippen LogP contribution in [0.2, 0.25) is 0 Å². The number of fused-ring (bicyclic) bond motifs is 1. The van der Waals surface area contributed by atoms with Crippen LogP contribution in [0.25, 0.3) is 21.9 Å². The van der Waals surface area contributed by atoms with E-state index in [-0.39, 0.29) is 0 Å². The molecule has 4 aromatic carbocycles. The van der Waals surface area contributed by atoms with Crippen LogP contribution in [-0.2, 0) is 0 Å². The number of benzene rings is 4. The van der Waals surface area contributed by atoms with E-state index in [1.807, 2.05) is 12.1 Å². The Labute approximate surface area is 151 Å². The molecule has 0 saturated carbocycles. The maximum Gasteiger partial charge on any atom is -0.0184 e. The van der Waals surface area contributed by atoms with Gasteiger partial charge in [-0.15, -0.1) is 0 Å². The van der Waals surface area contributed by atoms with E-state index in [1.54, 1.807) is 0 Å². The Hall–Kier alpha value is -2.86. The molecule has 0 amide bonds. The smallest absolute Gasteiger partial charge is 0.0184 e. The number of hydrogen-bond donors (Lipinski definition) is 0.